The number of carbonyl (C=O) groups is 3. The number of amides is 3. The second kappa shape index (κ2) is 15.1. The van der Waals surface area contributed by atoms with Crippen LogP contribution in [0.15, 0.2) is 77.6 Å². The maximum Gasteiger partial charge on any atom is 0.431 e. The van der Waals surface area contributed by atoms with E-state index in [1.165, 1.54) is 6.07 Å². The topological polar surface area (TPSA) is 151 Å². The highest BCUT2D eigenvalue weighted by Crippen LogP contribution is 2.55. The van der Waals surface area contributed by atoms with Crippen LogP contribution in [0, 0.1) is 22.2 Å². The van der Waals surface area contributed by atoms with Gasteiger partial charge in [0.15, 0.2) is 0 Å². The average Bonchev–Trinajstić information content (AvgIpc) is 3.44. The lowest BCUT2D eigenvalue weighted by Crippen LogP contribution is -2.74. The summed E-state index contributed by atoms with van der Waals surface area (Å²) in [4.78, 5) is 59.3. The molecule has 1 saturated carbocycles. The third-order valence-electron chi connectivity index (χ3n) is 11.4. The van der Waals surface area contributed by atoms with Crippen molar-refractivity contribution in [2.45, 2.75) is 46.0 Å². The predicted molar refractivity (Wildman–Crippen MR) is 213 cm³/mol. The van der Waals surface area contributed by atoms with Crippen LogP contribution in [-0.2, 0) is 6.18 Å². The SMILES string of the molecule is CC1(C)[C@H](NC(=O)c2ccc(N3CCN(CCNc4cccc5c4C(=O)N(c4ccc(C(F)(F)F)[nH]c4=O)C5=O)CC3)cc2)C(C)(C)[C@H]1Oc1ccc(C#N)c(Cl)c1. The molecule has 3 N–H and O–H groups in total. The van der Waals surface area contributed by atoms with Gasteiger partial charge >= 0.3 is 6.18 Å². The first-order chi connectivity index (χ1) is 27.4. The van der Waals surface area contributed by atoms with Crippen molar-refractivity contribution in [1.29, 1.82) is 5.26 Å². The number of pyridine rings is 1. The Bertz CT molecular complexity index is 2370. The van der Waals surface area contributed by atoms with Crippen LogP contribution in [-0.4, -0.2) is 79.0 Å². The first kappa shape index (κ1) is 40.4. The Labute approximate surface area is 337 Å². The molecule has 2 fully saturated rings. The van der Waals surface area contributed by atoms with E-state index in [1.807, 2.05) is 30.3 Å². The van der Waals surface area contributed by atoms with Gasteiger partial charge in [-0.3, -0.25) is 24.1 Å². The number of carbonyl (C=O) groups excluding carboxylic acids is 3. The molecule has 0 spiro atoms. The Hall–Kier alpha value is -5.85. The molecule has 1 aromatic heterocycles. The van der Waals surface area contributed by atoms with Crippen molar-refractivity contribution >= 4 is 46.4 Å². The number of ether oxygens (including phenoxy) is 1. The highest BCUT2D eigenvalue weighted by molar-refractivity contribution is 6.36. The van der Waals surface area contributed by atoms with E-state index in [1.54, 1.807) is 35.3 Å². The van der Waals surface area contributed by atoms with E-state index >= 15 is 0 Å². The van der Waals surface area contributed by atoms with Gasteiger partial charge in [-0.2, -0.15) is 18.4 Å². The van der Waals surface area contributed by atoms with Crippen molar-refractivity contribution in [3.05, 3.63) is 116 Å². The average molecular weight is 816 g/mol. The molecule has 0 bridgehead atoms. The largest absolute Gasteiger partial charge is 0.489 e. The molecule has 0 unspecified atom stereocenters. The number of nitrogens with zero attached hydrogens (tertiary/aromatic N) is 4. The third kappa shape index (κ3) is 7.38. The van der Waals surface area contributed by atoms with Gasteiger partial charge in [0.1, 0.15) is 29.3 Å². The van der Waals surface area contributed by atoms with Crippen LogP contribution >= 0.6 is 11.6 Å². The predicted octanol–water partition coefficient (Wildman–Crippen LogP) is 6.57. The zero-order chi connectivity index (χ0) is 41.7. The van der Waals surface area contributed by atoms with Crippen LogP contribution in [0.3, 0.4) is 0 Å². The van der Waals surface area contributed by atoms with E-state index in [2.05, 4.69) is 48.1 Å². The van der Waals surface area contributed by atoms with E-state index in [0.717, 1.165) is 37.9 Å². The van der Waals surface area contributed by atoms with Gasteiger partial charge in [-0.25, -0.2) is 4.90 Å². The van der Waals surface area contributed by atoms with Crippen LogP contribution in [0.25, 0.3) is 0 Å². The minimum Gasteiger partial charge on any atom is -0.489 e. The number of benzene rings is 3. The van der Waals surface area contributed by atoms with Crippen molar-refractivity contribution in [2.24, 2.45) is 10.8 Å². The second-order valence-corrected chi connectivity index (χ2v) is 16.3. The van der Waals surface area contributed by atoms with Gasteiger partial charge in [-0.15, -0.1) is 0 Å². The van der Waals surface area contributed by atoms with Crippen LogP contribution < -0.4 is 30.7 Å². The number of alkyl halides is 3. The van der Waals surface area contributed by atoms with E-state index in [-0.39, 0.29) is 29.2 Å². The molecule has 3 amide bonds. The van der Waals surface area contributed by atoms with E-state index < -0.39 is 45.8 Å². The molecule has 16 heteroatoms. The van der Waals surface area contributed by atoms with Crippen molar-refractivity contribution in [2.75, 3.05) is 54.4 Å². The number of hydrogen-bond acceptors (Lipinski definition) is 9. The molecule has 3 aliphatic rings. The number of H-pyrrole nitrogens is 1. The van der Waals surface area contributed by atoms with Gasteiger partial charge in [0.05, 0.1) is 21.7 Å². The Kier molecular flexibility index (Phi) is 10.5. The summed E-state index contributed by atoms with van der Waals surface area (Å²) in [5.41, 5.74) is -1.37. The number of hydrogen-bond donors (Lipinski definition) is 3. The smallest absolute Gasteiger partial charge is 0.431 e. The number of rotatable bonds is 10. The standard InChI is InChI=1S/C42H41ClF3N7O5/c1-40(2)38(41(3,4)39(40)58-27-13-10-25(23-47)29(43)22-27)50-34(54)24-8-11-26(12-9-24)52-20-18-51(19-21-52)17-16-48-30-7-5-6-28-33(30)37(57)53(36(28)56)31-14-15-32(42(44,45)46)49-35(31)55/h5-15,22,38-39,48H,16-21H2,1-4H3,(H,49,55)(H,50,54)/t38-,39-. The highest BCUT2D eigenvalue weighted by atomic mass is 35.5. The number of anilines is 3. The van der Waals surface area contributed by atoms with Gasteiger partial charge in [0, 0.05) is 79.1 Å². The number of nitrogens with one attached hydrogen (secondary N) is 3. The van der Waals surface area contributed by atoms with Crippen LogP contribution in [0.5, 0.6) is 5.75 Å². The maximum absolute atomic E-state index is 13.5. The first-order valence-corrected chi connectivity index (χ1v) is 19.1. The zero-order valence-corrected chi connectivity index (χ0v) is 32.9. The molecule has 7 rings (SSSR count). The summed E-state index contributed by atoms with van der Waals surface area (Å²) in [6.07, 6.45) is -5.01. The number of imide groups is 1. The highest BCUT2D eigenvalue weighted by Gasteiger charge is 2.64. The van der Waals surface area contributed by atoms with Crippen molar-refractivity contribution in [1.82, 2.24) is 15.2 Å². The van der Waals surface area contributed by atoms with Gasteiger partial charge in [0.25, 0.3) is 23.3 Å². The number of nitriles is 1. The number of fused-ring (bicyclic) bond motifs is 1. The second-order valence-electron chi connectivity index (χ2n) is 15.9. The Morgan fingerprint density at radius 3 is 2.26 bits per heavy atom. The number of aromatic nitrogens is 1. The lowest BCUT2D eigenvalue weighted by molar-refractivity contribution is -0.164. The molecule has 1 saturated heterocycles. The molecule has 4 aromatic rings. The number of halogens is 4. The third-order valence-corrected chi connectivity index (χ3v) is 11.7. The summed E-state index contributed by atoms with van der Waals surface area (Å²) >= 11 is 6.23. The van der Waals surface area contributed by atoms with Crippen LogP contribution in [0.4, 0.5) is 30.2 Å². The maximum atomic E-state index is 13.5. The summed E-state index contributed by atoms with van der Waals surface area (Å²) in [7, 11) is 0. The normalized spacial score (nSPS) is 19.9. The van der Waals surface area contributed by atoms with Gasteiger partial charge in [0.2, 0.25) is 0 Å². The van der Waals surface area contributed by atoms with Crippen LogP contribution in [0.1, 0.15) is 70.0 Å². The van der Waals surface area contributed by atoms with Gasteiger partial charge < -0.3 is 25.3 Å². The monoisotopic (exact) mass is 815 g/mol. The zero-order valence-electron chi connectivity index (χ0n) is 32.2. The fourth-order valence-electron chi connectivity index (χ4n) is 8.67. The van der Waals surface area contributed by atoms with Gasteiger partial charge in [-0.1, -0.05) is 45.4 Å². The molecule has 1 aliphatic carbocycles. The van der Waals surface area contributed by atoms with E-state index in [4.69, 9.17) is 16.3 Å². The fourth-order valence-corrected chi connectivity index (χ4v) is 8.88. The van der Waals surface area contributed by atoms with Crippen molar-refractivity contribution in [3.8, 4) is 11.8 Å². The van der Waals surface area contributed by atoms with Crippen LogP contribution in [0.2, 0.25) is 5.02 Å². The quantitative estimate of drug-likeness (QED) is 0.151. The molecule has 302 valence electrons. The lowest BCUT2D eigenvalue weighted by atomic mass is 9.49. The fraction of sp³-hybridized carbons (Fsp3) is 0.357. The Morgan fingerprint density at radius 1 is 0.948 bits per heavy atom. The molecule has 2 aliphatic heterocycles. The molecule has 3 heterocycles. The first-order valence-electron chi connectivity index (χ1n) is 18.7. The molecular formula is C42H41ClF3N7O5. The molecule has 0 radical (unpaired) electrons. The lowest BCUT2D eigenvalue weighted by Gasteiger charge is -2.63. The molecular weight excluding hydrogens is 775 g/mol. The number of aromatic amines is 1. The number of piperazine rings is 1. The Balaban J connectivity index is 0.899. The minimum atomic E-state index is -4.80. The summed E-state index contributed by atoms with van der Waals surface area (Å²) in [5.74, 6) is -1.20. The summed E-state index contributed by atoms with van der Waals surface area (Å²) in [6.45, 7) is 12.3. The van der Waals surface area contributed by atoms with E-state index in [9.17, 15) is 37.6 Å². The summed E-state index contributed by atoms with van der Waals surface area (Å²) in [5, 5.41) is 16.0. The Morgan fingerprint density at radius 2 is 1.64 bits per heavy atom. The van der Waals surface area contributed by atoms with E-state index in [0.29, 0.717) is 51.6 Å². The van der Waals surface area contributed by atoms with Crippen molar-refractivity contribution < 1.29 is 32.3 Å². The minimum absolute atomic E-state index is 0.0487. The van der Waals surface area contributed by atoms with Crippen molar-refractivity contribution in [3.63, 3.8) is 0 Å². The molecule has 12 nitrogen and oxygen atoms in total. The van der Waals surface area contributed by atoms with Gasteiger partial charge in [-0.05, 0) is 60.7 Å². The molecule has 58 heavy (non-hydrogen) atoms. The molecule has 3 aromatic carbocycles. The summed E-state index contributed by atoms with van der Waals surface area (Å²) in [6, 6.07) is 20.5. The molecule has 0 atom stereocenters. The summed E-state index contributed by atoms with van der Waals surface area (Å²) < 4.78 is 45.6.